The van der Waals surface area contributed by atoms with Crippen LogP contribution in [0.15, 0.2) is 30.5 Å². The maximum atomic E-state index is 12.8. The Bertz CT molecular complexity index is 564. The molecule has 104 valence electrons. The van der Waals surface area contributed by atoms with E-state index < -0.39 is 11.7 Å². The molecular weight excluding hydrogens is 279 g/mol. The summed E-state index contributed by atoms with van der Waals surface area (Å²) in [6.45, 7) is 0.0643. The lowest BCUT2D eigenvalue weighted by Gasteiger charge is -2.11. The average molecular weight is 292 g/mol. The van der Waals surface area contributed by atoms with Gasteiger partial charge >= 0.3 is 6.18 Å². The van der Waals surface area contributed by atoms with Gasteiger partial charge in [0.05, 0.1) is 11.3 Å². The van der Waals surface area contributed by atoms with Gasteiger partial charge in [0.25, 0.3) is 0 Å². The highest BCUT2D eigenvalue weighted by Crippen LogP contribution is 2.33. The molecule has 1 aromatic carbocycles. The van der Waals surface area contributed by atoms with Crippen LogP contribution in [0.5, 0.6) is 0 Å². The van der Waals surface area contributed by atoms with Gasteiger partial charge < -0.3 is 5.73 Å². The number of aryl methyl sites for hydroxylation is 1. The first-order valence-electron chi connectivity index (χ1n) is 5.31. The van der Waals surface area contributed by atoms with Crippen LogP contribution in [-0.4, -0.2) is 9.78 Å². The van der Waals surface area contributed by atoms with Gasteiger partial charge in [-0.15, -0.1) is 12.4 Å². The van der Waals surface area contributed by atoms with Crippen LogP contribution in [0.25, 0.3) is 11.3 Å². The van der Waals surface area contributed by atoms with Crippen LogP contribution < -0.4 is 5.73 Å². The fourth-order valence-corrected chi connectivity index (χ4v) is 1.78. The van der Waals surface area contributed by atoms with E-state index in [4.69, 9.17) is 5.73 Å². The van der Waals surface area contributed by atoms with Gasteiger partial charge in [0.15, 0.2) is 0 Å². The summed E-state index contributed by atoms with van der Waals surface area (Å²) in [6.07, 6.45) is -2.84. The summed E-state index contributed by atoms with van der Waals surface area (Å²) in [5.41, 5.74) is 6.27. The molecule has 7 heteroatoms. The Labute approximate surface area is 114 Å². The predicted molar refractivity (Wildman–Crippen MR) is 68.8 cm³/mol. The number of rotatable bonds is 2. The topological polar surface area (TPSA) is 43.8 Å². The van der Waals surface area contributed by atoms with Crippen LogP contribution in [0.1, 0.15) is 11.1 Å². The number of alkyl halides is 3. The number of nitrogens with zero attached hydrogens (tertiary/aromatic N) is 2. The highest BCUT2D eigenvalue weighted by Gasteiger charge is 2.31. The van der Waals surface area contributed by atoms with Gasteiger partial charge in [0, 0.05) is 25.4 Å². The lowest BCUT2D eigenvalue weighted by atomic mass is 10.0. The van der Waals surface area contributed by atoms with E-state index in [9.17, 15) is 13.2 Å². The van der Waals surface area contributed by atoms with Gasteiger partial charge in [-0.1, -0.05) is 0 Å². The van der Waals surface area contributed by atoms with Gasteiger partial charge in [-0.3, -0.25) is 4.68 Å². The molecule has 1 aromatic heterocycles. The molecule has 0 aliphatic rings. The molecule has 1 heterocycles. The third-order valence-corrected chi connectivity index (χ3v) is 2.67. The van der Waals surface area contributed by atoms with Crippen LogP contribution in [-0.2, 0) is 19.8 Å². The van der Waals surface area contributed by atoms with E-state index in [0.29, 0.717) is 16.8 Å². The Morgan fingerprint density at radius 2 is 1.95 bits per heavy atom. The molecule has 0 radical (unpaired) electrons. The zero-order valence-corrected chi connectivity index (χ0v) is 10.9. The third-order valence-electron chi connectivity index (χ3n) is 2.67. The van der Waals surface area contributed by atoms with Crippen molar-refractivity contribution < 1.29 is 13.2 Å². The van der Waals surface area contributed by atoms with Crippen molar-refractivity contribution in [3.05, 3.63) is 41.6 Å². The van der Waals surface area contributed by atoms with Gasteiger partial charge in [0.2, 0.25) is 0 Å². The normalized spacial score (nSPS) is 11.2. The number of hydrogen-bond acceptors (Lipinski definition) is 2. The Kier molecular flexibility index (Phi) is 4.60. The average Bonchev–Trinajstić information content (AvgIpc) is 2.73. The smallest absolute Gasteiger partial charge is 0.326 e. The Morgan fingerprint density at radius 3 is 2.42 bits per heavy atom. The molecule has 0 saturated heterocycles. The lowest BCUT2D eigenvalue weighted by Crippen LogP contribution is -2.08. The number of benzene rings is 1. The van der Waals surface area contributed by atoms with Gasteiger partial charge in [-0.2, -0.15) is 18.3 Å². The number of hydrogen-bond donors (Lipinski definition) is 1. The molecule has 0 aliphatic heterocycles. The van der Waals surface area contributed by atoms with Crippen LogP contribution >= 0.6 is 12.4 Å². The Balaban J connectivity index is 0.00000180. The van der Waals surface area contributed by atoms with E-state index >= 15 is 0 Å². The van der Waals surface area contributed by atoms with Gasteiger partial charge in [0.1, 0.15) is 0 Å². The molecule has 0 atom stereocenters. The predicted octanol–water partition coefficient (Wildman–Crippen LogP) is 2.99. The summed E-state index contributed by atoms with van der Waals surface area (Å²) in [5.74, 6) is 0. The minimum absolute atomic E-state index is 0. The maximum Gasteiger partial charge on any atom is 0.416 e. The van der Waals surface area contributed by atoms with Crippen LogP contribution in [0.4, 0.5) is 13.2 Å². The molecule has 0 aliphatic carbocycles. The fourth-order valence-electron chi connectivity index (χ4n) is 1.78. The Morgan fingerprint density at radius 1 is 1.26 bits per heavy atom. The van der Waals surface area contributed by atoms with Crippen LogP contribution in [0, 0.1) is 0 Å². The van der Waals surface area contributed by atoms with Crippen molar-refractivity contribution in [2.75, 3.05) is 0 Å². The minimum atomic E-state index is -4.38. The number of nitrogens with two attached hydrogens (primary N) is 1. The number of halogens is 4. The van der Waals surface area contributed by atoms with Crippen molar-refractivity contribution in [1.29, 1.82) is 0 Å². The van der Waals surface area contributed by atoms with Crippen molar-refractivity contribution in [2.45, 2.75) is 12.7 Å². The highest BCUT2D eigenvalue weighted by molar-refractivity contribution is 5.85. The monoisotopic (exact) mass is 291 g/mol. The summed E-state index contributed by atoms with van der Waals surface area (Å²) in [4.78, 5) is 0. The molecule has 0 fully saturated rings. The molecule has 3 nitrogen and oxygen atoms in total. The van der Waals surface area contributed by atoms with Crippen molar-refractivity contribution >= 4 is 12.4 Å². The minimum Gasteiger partial charge on any atom is -0.326 e. The molecule has 2 rings (SSSR count). The first-order chi connectivity index (χ1) is 8.41. The molecule has 0 spiro atoms. The van der Waals surface area contributed by atoms with Crippen molar-refractivity contribution in [2.24, 2.45) is 12.8 Å². The molecule has 0 saturated carbocycles. The van der Waals surface area contributed by atoms with E-state index in [-0.39, 0.29) is 19.0 Å². The fraction of sp³-hybridized carbons (Fsp3) is 0.250. The first kappa shape index (κ1) is 15.5. The van der Waals surface area contributed by atoms with Gasteiger partial charge in [-0.25, -0.2) is 0 Å². The molecule has 0 bridgehead atoms. The molecule has 2 N–H and O–H groups in total. The van der Waals surface area contributed by atoms with E-state index in [2.05, 4.69) is 5.10 Å². The SMILES string of the molecule is Cl.Cn1nccc1-c1cc(CN)cc(C(F)(F)F)c1. The first-order valence-corrected chi connectivity index (χ1v) is 5.31. The van der Waals surface area contributed by atoms with E-state index in [1.54, 1.807) is 19.2 Å². The second-order valence-electron chi connectivity index (χ2n) is 3.96. The van der Waals surface area contributed by atoms with Crippen LogP contribution in [0.3, 0.4) is 0 Å². The summed E-state index contributed by atoms with van der Waals surface area (Å²) in [5, 5.41) is 3.94. The maximum absolute atomic E-state index is 12.8. The van der Waals surface area contributed by atoms with Crippen LogP contribution in [0.2, 0.25) is 0 Å². The highest BCUT2D eigenvalue weighted by atomic mass is 35.5. The quantitative estimate of drug-likeness (QED) is 0.924. The molecule has 0 amide bonds. The van der Waals surface area contributed by atoms with Crippen molar-refractivity contribution in [1.82, 2.24) is 9.78 Å². The zero-order valence-electron chi connectivity index (χ0n) is 10.1. The zero-order chi connectivity index (χ0) is 13.3. The van der Waals surface area contributed by atoms with Gasteiger partial charge in [-0.05, 0) is 29.8 Å². The number of aromatic nitrogens is 2. The molecule has 19 heavy (non-hydrogen) atoms. The second kappa shape index (κ2) is 5.63. The molecule has 0 unspecified atom stereocenters. The third kappa shape index (κ3) is 3.27. The van der Waals surface area contributed by atoms with E-state index in [0.717, 1.165) is 12.1 Å². The molecular formula is C12H13ClF3N3. The summed E-state index contributed by atoms with van der Waals surface area (Å²) in [7, 11) is 1.68. The van der Waals surface area contributed by atoms with E-state index in [1.807, 2.05) is 0 Å². The van der Waals surface area contributed by atoms with Crippen molar-refractivity contribution in [3.63, 3.8) is 0 Å². The molecule has 2 aromatic rings. The summed E-state index contributed by atoms with van der Waals surface area (Å²) in [6, 6.07) is 5.48. The largest absolute Gasteiger partial charge is 0.416 e. The summed E-state index contributed by atoms with van der Waals surface area (Å²) < 4.78 is 39.8. The Hall–Kier alpha value is -1.53. The van der Waals surface area contributed by atoms with Crippen molar-refractivity contribution in [3.8, 4) is 11.3 Å². The second-order valence-corrected chi connectivity index (χ2v) is 3.96. The lowest BCUT2D eigenvalue weighted by molar-refractivity contribution is -0.137. The standard InChI is InChI=1S/C12H12F3N3.ClH/c1-18-11(2-3-17-18)9-4-8(7-16)5-10(6-9)12(13,14)15;/h2-6H,7,16H2,1H3;1H. The summed E-state index contributed by atoms with van der Waals surface area (Å²) >= 11 is 0. The van der Waals surface area contributed by atoms with E-state index in [1.165, 1.54) is 10.9 Å².